The number of carbonyl (C=O) groups is 4. The predicted octanol–water partition coefficient (Wildman–Crippen LogP) is 9.40. The lowest BCUT2D eigenvalue weighted by molar-refractivity contribution is -0.212. The van der Waals surface area contributed by atoms with E-state index in [1.165, 1.54) is 41.3 Å². The van der Waals surface area contributed by atoms with Crippen LogP contribution >= 0.6 is 23.2 Å². The third-order valence-corrected chi connectivity index (χ3v) is 19.1. The number of imide groups is 1. The first-order valence-corrected chi connectivity index (χ1v) is 37.2. The van der Waals surface area contributed by atoms with Gasteiger partial charge in [-0.15, -0.1) is 48.7 Å². The summed E-state index contributed by atoms with van der Waals surface area (Å²) in [6, 6.07) is 50.2. The highest BCUT2D eigenvalue weighted by Crippen LogP contribution is 2.34. The molecule has 9 aromatic rings. The molecule has 13 rings (SSSR count). The van der Waals surface area contributed by atoms with Gasteiger partial charge in [0.25, 0.3) is 34.4 Å². The fourth-order valence-corrected chi connectivity index (χ4v) is 13.0. The summed E-state index contributed by atoms with van der Waals surface area (Å²) in [5.41, 5.74) is 7.73. The molecule has 27 nitrogen and oxygen atoms in total. The number of carbonyl (C=O) groups excluding carboxylic acids is 4. The third-order valence-electron chi connectivity index (χ3n) is 19.1. The van der Waals surface area contributed by atoms with E-state index < -0.39 is 34.6 Å². The number of rotatable bonds is 22. The largest absolute Gasteiger partial charge is 0.382 e. The third kappa shape index (κ3) is 24.0. The molecule has 4 saturated heterocycles. The molecule has 7 N–H and O–H groups in total. The lowest BCUT2D eigenvalue weighted by Gasteiger charge is -2.24. The molecule has 0 bridgehead atoms. The average molecular weight is 1530 g/mol. The molecule has 6 unspecified atom stereocenters. The Bertz CT molecular complexity index is 4570. The van der Waals surface area contributed by atoms with Crippen molar-refractivity contribution in [3.05, 3.63) is 251 Å². The zero-order valence-electron chi connectivity index (χ0n) is 62.6. The Morgan fingerprint density at radius 1 is 0.532 bits per heavy atom. The van der Waals surface area contributed by atoms with Gasteiger partial charge < -0.3 is 45.4 Å². The number of imidazole rings is 1. The van der Waals surface area contributed by atoms with E-state index in [2.05, 4.69) is 147 Å². The van der Waals surface area contributed by atoms with Crippen LogP contribution in [-0.4, -0.2) is 154 Å². The molecule has 0 saturated carbocycles. The Labute approximate surface area is 645 Å². The fourth-order valence-electron chi connectivity index (χ4n) is 13.0. The quantitative estimate of drug-likeness (QED) is 0.0272. The first-order chi connectivity index (χ1) is 51.6. The molecule has 29 heteroatoms. The van der Waals surface area contributed by atoms with E-state index in [-0.39, 0.29) is 97.0 Å². The Hall–Kier alpha value is -9.55. The van der Waals surface area contributed by atoms with Crippen molar-refractivity contribution in [3.63, 3.8) is 0 Å². The molecule has 6 atom stereocenters. The summed E-state index contributed by atoms with van der Waals surface area (Å²) < 4.78 is 12.8. The number of H-pyrrole nitrogens is 3. The number of aromatic nitrogens is 10. The first kappa shape index (κ1) is 85.1. The second-order valence-electron chi connectivity index (χ2n) is 29.1. The van der Waals surface area contributed by atoms with E-state index in [1.54, 1.807) is 27.7 Å². The van der Waals surface area contributed by atoms with E-state index in [0.29, 0.717) is 58.2 Å². The van der Waals surface area contributed by atoms with Gasteiger partial charge in [-0.25, -0.2) is 14.3 Å². The van der Waals surface area contributed by atoms with Crippen LogP contribution in [0, 0.1) is 17.8 Å². The number of hydrogen-bond donors (Lipinski definition) is 6. The minimum atomic E-state index is -1.26. The summed E-state index contributed by atoms with van der Waals surface area (Å²) in [5, 5.41) is 35.0. The van der Waals surface area contributed by atoms with Gasteiger partial charge in [0.1, 0.15) is 40.1 Å². The van der Waals surface area contributed by atoms with Crippen molar-refractivity contribution in [1.29, 1.82) is 0 Å². The highest BCUT2D eigenvalue weighted by molar-refractivity contribution is 6.40. The van der Waals surface area contributed by atoms with Crippen LogP contribution in [0.2, 0.25) is 0 Å². The van der Waals surface area contributed by atoms with Crippen molar-refractivity contribution >= 4 is 52.4 Å². The lowest BCUT2D eigenvalue weighted by Crippen LogP contribution is -2.44. The van der Waals surface area contributed by atoms with Crippen LogP contribution in [0.3, 0.4) is 0 Å². The number of ether oxygens (including phenoxy) is 2. The first-order valence-electron chi connectivity index (χ1n) is 36.1. The van der Waals surface area contributed by atoms with Crippen LogP contribution < -0.4 is 27.7 Å². The van der Waals surface area contributed by atoms with Crippen molar-refractivity contribution in [2.45, 2.75) is 163 Å². The number of fused-ring (bicyclic) bond motifs is 1. The molecule has 5 aromatic carbocycles. The zero-order valence-corrected chi connectivity index (χ0v) is 64.1. The van der Waals surface area contributed by atoms with E-state index in [1.807, 2.05) is 91.0 Å². The standard InChI is InChI=1S/C27H33N5O3.C20H25N5O2.C16H21N5O.C15H17NO5.CH2Cl2.CH4/c1-19-15-32(16-20-10-6-4-7-11-20)17-22(19)24-29-25(33)23(30-31-24)14-28-26(34)27(2,3)35-18-21-12-8-5-9-13-21;1-13-10-24(11-14-7-5-4-6-8-14)12-15(13)17-22-18(26)16-9-21-19(20(2,3)27)25(16)23-17;1-11-8-21(9-12-5-3-2-4-6-12)10-13(11)15-18-16(22)14(7-17)19-20-15;1-15(2,20-10-11-6-4-3-5-7-11)14(19)21-16-12(17)8-9-13(16)18;2-1-3;/h4-13,19,22H,14-18H2,1-3H3,(H,28,34)(H,29,31,33);4-9,13,15,27H,10-12H2,1-3H3,(H,22,23,26);2-6,11,13H,7-10,17H2,1H3,(H,18,20,22);3-7H,8-10H2,1-2H3;1H2;1H4. The fraction of sp³-hybridized carbons (Fsp3) is 0.438. The average Bonchev–Trinajstić information content (AvgIpc) is 1.63. The Morgan fingerprint density at radius 2 is 0.899 bits per heavy atom. The van der Waals surface area contributed by atoms with Crippen LogP contribution in [0.4, 0.5) is 0 Å². The number of halogens is 2. The number of nitrogens with two attached hydrogens (primary N) is 1. The maximum atomic E-state index is 12.7. The summed E-state index contributed by atoms with van der Waals surface area (Å²) in [4.78, 5) is 110. The highest BCUT2D eigenvalue weighted by Gasteiger charge is 2.40. The SMILES string of the molecule is C.CC(C)(OCc1ccccc1)C(=O)ON1C(=O)CCC1=O.CC1CN(Cc2ccccc2)CC1c1nn2c(C(C)(C)O)ncc2c(=O)[nH]1.CC1CN(Cc2ccccc2)CC1c1nnc(CN)c(=O)[nH]1.CC1CN(Cc2ccccc2)CC1c1nnc(CNC(=O)C(C)(C)OCc2ccccc2)c(=O)[nH]1.ClCCl. The van der Waals surface area contributed by atoms with Crippen LogP contribution in [0.5, 0.6) is 0 Å². The zero-order chi connectivity index (χ0) is 77.7. The monoisotopic (exact) mass is 1530 g/mol. The van der Waals surface area contributed by atoms with E-state index >= 15 is 0 Å². The molecule has 4 aliphatic heterocycles. The van der Waals surface area contributed by atoms with E-state index in [4.69, 9.17) is 43.2 Å². The minimum absolute atomic E-state index is 0. The van der Waals surface area contributed by atoms with Crippen LogP contribution in [-0.2, 0) is 85.0 Å². The van der Waals surface area contributed by atoms with E-state index in [0.717, 1.165) is 70.0 Å². The summed E-state index contributed by atoms with van der Waals surface area (Å²) in [5.74, 6) is 1.76. The molecule has 109 heavy (non-hydrogen) atoms. The van der Waals surface area contributed by atoms with Gasteiger partial charge in [0.2, 0.25) is 0 Å². The lowest BCUT2D eigenvalue weighted by atomic mass is 9.97. The second kappa shape index (κ2) is 39.7. The molecular weight excluding hydrogens is 1430 g/mol. The molecule has 3 amide bonds. The number of alkyl halides is 2. The van der Waals surface area contributed by atoms with Crippen LogP contribution in [0.15, 0.2) is 172 Å². The van der Waals surface area contributed by atoms with Gasteiger partial charge in [-0.3, -0.25) is 43.5 Å². The van der Waals surface area contributed by atoms with Crippen molar-refractivity contribution in [3.8, 4) is 0 Å². The molecule has 0 radical (unpaired) electrons. The summed E-state index contributed by atoms with van der Waals surface area (Å²) in [6.45, 7) is 25.0. The maximum Gasteiger partial charge on any atom is 0.364 e. The van der Waals surface area contributed by atoms with Crippen molar-refractivity contribution in [2.24, 2.45) is 23.5 Å². The van der Waals surface area contributed by atoms with Gasteiger partial charge in [-0.2, -0.15) is 5.10 Å². The number of hydrogen-bond acceptors (Lipinski definition) is 21. The predicted molar refractivity (Wildman–Crippen MR) is 416 cm³/mol. The van der Waals surface area contributed by atoms with Gasteiger partial charge in [0, 0.05) is 96.0 Å². The van der Waals surface area contributed by atoms with Gasteiger partial charge in [0.05, 0.1) is 31.3 Å². The normalized spacial score (nSPS) is 18.8. The summed E-state index contributed by atoms with van der Waals surface area (Å²) in [6.07, 6.45) is 1.59. The van der Waals surface area contributed by atoms with Crippen LogP contribution in [0.1, 0.15) is 163 Å². The van der Waals surface area contributed by atoms with Gasteiger partial charge in [-0.05, 0) is 87.1 Å². The van der Waals surface area contributed by atoms with Crippen molar-refractivity contribution in [1.82, 2.24) is 75.0 Å². The van der Waals surface area contributed by atoms with Gasteiger partial charge in [0.15, 0.2) is 16.9 Å². The van der Waals surface area contributed by atoms with Gasteiger partial charge in [-0.1, -0.05) is 180 Å². The number of hydroxylamine groups is 2. The summed E-state index contributed by atoms with van der Waals surface area (Å²) in [7, 11) is 0. The molecule has 582 valence electrons. The number of amides is 3. The van der Waals surface area contributed by atoms with Crippen LogP contribution in [0.25, 0.3) is 5.52 Å². The number of nitrogens with one attached hydrogen (secondary N) is 4. The van der Waals surface area contributed by atoms with Crippen molar-refractivity contribution in [2.75, 3.05) is 44.6 Å². The second-order valence-corrected chi connectivity index (χ2v) is 29.9. The molecule has 4 aromatic heterocycles. The topological polar surface area (TPSA) is 348 Å². The summed E-state index contributed by atoms with van der Waals surface area (Å²) >= 11 is 9.53. The number of benzene rings is 5. The number of aromatic amines is 3. The Morgan fingerprint density at radius 3 is 1.28 bits per heavy atom. The molecule has 4 fully saturated rings. The molecule has 4 aliphatic rings. The minimum Gasteiger partial charge on any atom is -0.382 e. The van der Waals surface area contributed by atoms with E-state index in [9.17, 15) is 38.7 Å². The molecular formula is C80H102Cl2N16O11. The number of aliphatic hydroxyl groups is 1. The molecule has 8 heterocycles. The van der Waals surface area contributed by atoms with Gasteiger partial charge >= 0.3 is 5.97 Å². The molecule has 0 aliphatic carbocycles. The highest BCUT2D eigenvalue weighted by atomic mass is 35.5. The number of nitrogens with zero attached hydrogens (tertiary/aromatic N) is 11. The van der Waals surface area contributed by atoms with Crippen molar-refractivity contribution < 1.29 is 38.6 Å². The molecule has 0 spiro atoms. The maximum absolute atomic E-state index is 12.7. The smallest absolute Gasteiger partial charge is 0.364 e. The Kier molecular flexibility index (Phi) is 31.0. The number of likely N-dealkylation sites (tertiary alicyclic amines) is 3. The Balaban J connectivity index is 0.000000184.